The summed E-state index contributed by atoms with van der Waals surface area (Å²) in [5, 5.41) is 13.4. The topological polar surface area (TPSA) is 112 Å². The van der Waals surface area contributed by atoms with E-state index in [0.717, 1.165) is 0 Å². The molecule has 0 atom stereocenters. The van der Waals surface area contributed by atoms with E-state index in [2.05, 4.69) is 5.32 Å². The molecule has 0 radical (unpaired) electrons. The fraction of sp³-hybridized carbons (Fsp3) is 0. The number of nitro benzene ring substituents is 1. The summed E-state index contributed by atoms with van der Waals surface area (Å²) in [6.07, 6.45) is 0. The number of nitrogens with one attached hydrogen (secondary N) is 1. The molecular weight excluding hydrogens is 307 g/mol. The van der Waals surface area contributed by atoms with Crippen LogP contribution >= 0.6 is 0 Å². The molecule has 9 heteroatoms. The standard InChI is InChI=1S/C12H10N2O5S.Na/c15-14(16)11-6-4-9(5-7-11)13-10-2-1-3-12(8-10)20(17,18)19;/h1-8,13H,(H,17,18,19);/q;+1/p-1. The third-order valence-corrected chi connectivity index (χ3v) is 3.32. The molecule has 0 fully saturated rings. The minimum absolute atomic E-state index is 0. The molecule has 21 heavy (non-hydrogen) atoms. The van der Waals surface area contributed by atoms with Crippen molar-refractivity contribution < 1.29 is 47.5 Å². The third kappa shape index (κ3) is 4.80. The van der Waals surface area contributed by atoms with E-state index in [0.29, 0.717) is 11.4 Å². The number of anilines is 2. The second-order valence-electron chi connectivity index (χ2n) is 3.91. The van der Waals surface area contributed by atoms with Crippen molar-refractivity contribution in [3.63, 3.8) is 0 Å². The van der Waals surface area contributed by atoms with Crippen molar-refractivity contribution in [2.24, 2.45) is 0 Å². The molecule has 0 aliphatic carbocycles. The van der Waals surface area contributed by atoms with E-state index in [1.165, 1.54) is 42.5 Å². The van der Waals surface area contributed by atoms with Crippen LogP contribution in [0.1, 0.15) is 0 Å². The molecule has 0 saturated carbocycles. The molecule has 7 nitrogen and oxygen atoms in total. The zero-order valence-corrected chi connectivity index (χ0v) is 13.8. The molecule has 2 aromatic carbocycles. The van der Waals surface area contributed by atoms with Crippen LogP contribution in [0, 0.1) is 10.1 Å². The Morgan fingerprint density at radius 2 is 1.62 bits per heavy atom. The summed E-state index contributed by atoms with van der Waals surface area (Å²) >= 11 is 0. The predicted octanol–water partition coefficient (Wildman–Crippen LogP) is -0.754. The minimum Gasteiger partial charge on any atom is -0.744 e. The van der Waals surface area contributed by atoms with E-state index in [9.17, 15) is 23.1 Å². The van der Waals surface area contributed by atoms with Gasteiger partial charge in [-0.1, -0.05) is 6.07 Å². The van der Waals surface area contributed by atoms with Crippen LogP contribution in [0.2, 0.25) is 0 Å². The first-order valence-corrected chi connectivity index (χ1v) is 6.84. The Balaban J connectivity index is 0.00000220. The maximum Gasteiger partial charge on any atom is 1.00 e. The fourth-order valence-electron chi connectivity index (χ4n) is 1.56. The van der Waals surface area contributed by atoms with Gasteiger partial charge in [0.2, 0.25) is 0 Å². The van der Waals surface area contributed by atoms with Crippen molar-refractivity contribution in [2.45, 2.75) is 4.90 Å². The molecule has 2 aromatic rings. The van der Waals surface area contributed by atoms with Gasteiger partial charge in [-0.3, -0.25) is 10.1 Å². The summed E-state index contributed by atoms with van der Waals surface area (Å²) in [7, 11) is -4.51. The van der Waals surface area contributed by atoms with Gasteiger partial charge in [-0.15, -0.1) is 0 Å². The van der Waals surface area contributed by atoms with Gasteiger partial charge in [-0.2, -0.15) is 0 Å². The van der Waals surface area contributed by atoms with Crippen molar-refractivity contribution in [3.05, 3.63) is 58.6 Å². The second kappa shape index (κ2) is 7.01. The largest absolute Gasteiger partial charge is 1.00 e. The van der Waals surface area contributed by atoms with Crippen LogP contribution in [0.5, 0.6) is 0 Å². The average Bonchev–Trinajstić information content (AvgIpc) is 2.38. The van der Waals surface area contributed by atoms with Gasteiger partial charge >= 0.3 is 29.6 Å². The first-order valence-electron chi connectivity index (χ1n) is 5.44. The Morgan fingerprint density at radius 1 is 1.00 bits per heavy atom. The van der Waals surface area contributed by atoms with E-state index in [1.807, 2.05) is 0 Å². The van der Waals surface area contributed by atoms with Crippen molar-refractivity contribution >= 4 is 27.2 Å². The summed E-state index contributed by atoms with van der Waals surface area (Å²) in [6, 6.07) is 11.0. The molecular formula is C12H9N2NaO5S. The maximum atomic E-state index is 10.9. The number of nitrogens with zero attached hydrogens (tertiary/aromatic N) is 1. The van der Waals surface area contributed by atoms with Crippen LogP contribution in [0.15, 0.2) is 53.4 Å². The molecule has 2 rings (SSSR count). The molecule has 0 amide bonds. The maximum absolute atomic E-state index is 10.9. The molecule has 104 valence electrons. The molecule has 0 aliphatic heterocycles. The molecule has 0 aromatic heterocycles. The Morgan fingerprint density at radius 3 is 2.14 bits per heavy atom. The summed E-state index contributed by atoms with van der Waals surface area (Å²) in [5.74, 6) is 0. The van der Waals surface area contributed by atoms with E-state index in [1.54, 1.807) is 6.07 Å². The van der Waals surface area contributed by atoms with Gasteiger partial charge in [-0.25, -0.2) is 8.42 Å². The smallest absolute Gasteiger partial charge is 0.744 e. The Bertz CT molecular complexity index is 746. The van der Waals surface area contributed by atoms with E-state index in [-0.39, 0.29) is 40.1 Å². The number of rotatable bonds is 4. The number of hydrogen-bond donors (Lipinski definition) is 1. The number of hydrogen-bond acceptors (Lipinski definition) is 6. The van der Waals surface area contributed by atoms with Gasteiger partial charge < -0.3 is 9.87 Å². The van der Waals surface area contributed by atoms with Gasteiger partial charge in [-0.05, 0) is 30.3 Å². The quantitative estimate of drug-likeness (QED) is 0.344. The molecule has 0 bridgehead atoms. The molecule has 0 unspecified atom stereocenters. The molecule has 1 N–H and O–H groups in total. The Hall–Kier alpha value is -1.45. The van der Waals surface area contributed by atoms with Crippen molar-refractivity contribution in [2.75, 3.05) is 5.32 Å². The van der Waals surface area contributed by atoms with Crippen LogP contribution in [0.3, 0.4) is 0 Å². The van der Waals surface area contributed by atoms with Crippen LogP contribution in [-0.4, -0.2) is 17.9 Å². The fourth-order valence-corrected chi connectivity index (χ4v) is 2.08. The van der Waals surface area contributed by atoms with Crippen molar-refractivity contribution in [1.82, 2.24) is 0 Å². The summed E-state index contributed by atoms with van der Waals surface area (Å²) < 4.78 is 32.7. The van der Waals surface area contributed by atoms with Crippen LogP contribution in [-0.2, 0) is 10.1 Å². The third-order valence-electron chi connectivity index (χ3n) is 2.49. The molecule has 0 aliphatic rings. The van der Waals surface area contributed by atoms with Crippen LogP contribution in [0.25, 0.3) is 0 Å². The molecule has 0 spiro atoms. The summed E-state index contributed by atoms with van der Waals surface area (Å²) in [6.45, 7) is 0. The minimum atomic E-state index is -4.51. The van der Waals surface area contributed by atoms with Crippen LogP contribution < -0.4 is 34.9 Å². The average molecular weight is 316 g/mol. The van der Waals surface area contributed by atoms with Gasteiger partial charge in [0.05, 0.1) is 9.82 Å². The van der Waals surface area contributed by atoms with E-state index in [4.69, 9.17) is 0 Å². The van der Waals surface area contributed by atoms with Gasteiger partial charge in [0.15, 0.2) is 0 Å². The zero-order valence-electron chi connectivity index (χ0n) is 11.0. The number of benzene rings is 2. The predicted molar refractivity (Wildman–Crippen MR) is 70.8 cm³/mol. The summed E-state index contributed by atoms with van der Waals surface area (Å²) in [4.78, 5) is 9.65. The van der Waals surface area contributed by atoms with Gasteiger partial charge in [0.25, 0.3) is 5.69 Å². The first-order chi connectivity index (χ1) is 9.36. The molecule has 0 saturated heterocycles. The van der Waals surface area contributed by atoms with Gasteiger partial charge in [0, 0.05) is 23.5 Å². The number of non-ortho nitro benzene ring substituents is 1. The zero-order chi connectivity index (χ0) is 14.8. The first kappa shape index (κ1) is 17.6. The van der Waals surface area contributed by atoms with E-state index >= 15 is 0 Å². The normalized spacial score (nSPS) is 10.5. The summed E-state index contributed by atoms with van der Waals surface area (Å²) in [5.41, 5.74) is 0.887. The second-order valence-corrected chi connectivity index (χ2v) is 5.29. The van der Waals surface area contributed by atoms with Gasteiger partial charge in [0.1, 0.15) is 10.1 Å². The number of nitro groups is 1. The van der Waals surface area contributed by atoms with Crippen molar-refractivity contribution in [3.8, 4) is 0 Å². The van der Waals surface area contributed by atoms with E-state index < -0.39 is 15.0 Å². The molecule has 0 heterocycles. The van der Waals surface area contributed by atoms with Crippen LogP contribution in [0.4, 0.5) is 17.1 Å². The van der Waals surface area contributed by atoms with Crippen molar-refractivity contribution in [1.29, 1.82) is 0 Å². The monoisotopic (exact) mass is 316 g/mol. The Labute approximate surface area is 143 Å². The SMILES string of the molecule is O=[N+]([O-])c1ccc(Nc2cccc(S(=O)(=O)[O-])c2)cc1.[Na+]. The Kier molecular flexibility index (Phi) is 5.87.